The molecule has 0 unspecified atom stereocenters. The van der Waals surface area contributed by atoms with E-state index < -0.39 is 11.2 Å². The quantitative estimate of drug-likeness (QED) is 0.183. The lowest BCUT2D eigenvalue weighted by molar-refractivity contribution is 0.0208. The summed E-state index contributed by atoms with van der Waals surface area (Å²) in [5, 5.41) is 2.36. The number of amides is 2. The third-order valence-corrected chi connectivity index (χ3v) is 12.8. The summed E-state index contributed by atoms with van der Waals surface area (Å²) >= 11 is 0. The highest BCUT2D eigenvalue weighted by molar-refractivity contribution is 5.91. The van der Waals surface area contributed by atoms with Crippen molar-refractivity contribution >= 4 is 23.0 Å². The molecule has 304 valence electrons. The number of nitrogens with zero attached hydrogens (tertiary/aromatic N) is 4. The number of carbonyl (C=O) groups excluding carboxylic acids is 2. The van der Waals surface area contributed by atoms with Crippen LogP contribution in [-0.2, 0) is 22.3 Å². The number of hydrogen-bond donors (Lipinski definition) is 2. The lowest BCUT2D eigenvalue weighted by atomic mass is 9.72. The molecule has 2 aliphatic carbocycles. The van der Waals surface area contributed by atoms with Gasteiger partial charge in [-0.2, -0.15) is 0 Å². The summed E-state index contributed by atoms with van der Waals surface area (Å²) in [4.78, 5) is 46.6. The van der Waals surface area contributed by atoms with Crippen molar-refractivity contribution < 1.29 is 19.1 Å². The van der Waals surface area contributed by atoms with Crippen LogP contribution in [0.2, 0.25) is 0 Å². The third-order valence-electron chi connectivity index (χ3n) is 12.8. The zero-order chi connectivity index (χ0) is 40.4. The van der Waals surface area contributed by atoms with Crippen molar-refractivity contribution in [2.45, 2.75) is 135 Å². The normalized spacial score (nSPS) is 20.6. The average Bonchev–Trinajstić information content (AvgIpc) is 4.02. The minimum absolute atomic E-state index is 0.115. The number of carbonyl (C=O) groups is 2. The van der Waals surface area contributed by atoms with Gasteiger partial charge in [-0.1, -0.05) is 55.7 Å². The zero-order valence-electron chi connectivity index (χ0n) is 35.0. The molecule has 4 heterocycles. The highest BCUT2D eigenvalue weighted by Crippen LogP contribution is 2.52. The number of hydrogen-bond acceptors (Lipinski definition) is 6. The van der Waals surface area contributed by atoms with Crippen LogP contribution in [0.4, 0.5) is 9.59 Å². The van der Waals surface area contributed by atoms with Crippen molar-refractivity contribution in [2.24, 2.45) is 5.41 Å². The van der Waals surface area contributed by atoms with Crippen molar-refractivity contribution in [2.75, 3.05) is 13.1 Å². The fraction of sp³-hybridized carbons (Fsp3) is 0.500. The number of nitrogens with one attached hydrogen (secondary N) is 2. The summed E-state index contributed by atoms with van der Waals surface area (Å²) in [5.74, 6) is 1.64. The van der Waals surface area contributed by atoms with Crippen molar-refractivity contribution in [3.8, 4) is 33.6 Å². The Labute approximate surface area is 342 Å². The first-order chi connectivity index (χ1) is 27.7. The second-order valence-electron chi connectivity index (χ2n) is 19.3. The van der Waals surface area contributed by atoms with E-state index in [-0.39, 0.29) is 24.3 Å². The molecule has 2 saturated heterocycles. The molecule has 3 aromatic carbocycles. The Kier molecular flexibility index (Phi) is 9.67. The van der Waals surface area contributed by atoms with Gasteiger partial charge >= 0.3 is 12.2 Å². The van der Waals surface area contributed by atoms with E-state index in [2.05, 4.69) is 58.5 Å². The smallest absolute Gasteiger partial charge is 0.410 e. The summed E-state index contributed by atoms with van der Waals surface area (Å²) in [5.41, 5.74) is 8.98. The second-order valence-corrected chi connectivity index (χ2v) is 19.3. The third kappa shape index (κ3) is 7.50. The van der Waals surface area contributed by atoms with Gasteiger partial charge in [-0.3, -0.25) is 9.80 Å². The molecule has 0 bridgehead atoms. The van der Waals surface area contributed by atoms with E-state index in [1.165, 1.54) is 70.7 Å². The molecule has 2 aliphatic heterocycles. The van der Waals surface area contributed by atoms with Gasteiger partial charge in [0.05, 0.1) is 35.9 Å². The average molecular weight is 783 g/mol. The molecule has 2 N–H and O–H groups in total. The van der Waals surface area contributed by atoms with Gasteiger partial charge in [-0.25, -0.2) is 19.6 Å². The summed E-state index contributed by atoms with van der Waals surface area (Å²) in [7, 11) is 0. The van der Waals surface area contributed by atoms with E-state index in [0.717, 1.165) is 67.1 Å². The van der Waals surface area contributed by atoms with Gasteiger partial charge < -0.3 is 19.4 Å². The molecule has 2 amide bonds. The number of fused-ring (bicyclic) bond motifs is 2. The first-order valence-electron chi connectivity index (χ1n) is 21.5. The van der Waals surface area contributed by atoms with Crippen LogP contribution in [0.15, 0.2) is 60.9 Å². The molecule has 10 heteroatoms. The van der Waals surface area contributed by atoms with Gasteiger partial charge in [0, 0.05) is 24.2 Å². The van der Waals surface area contributed by atoms with Crippen LogP contribution in [0.5, 0.6) is 0 Å². The minimum Gasteiger partial charge on any atom is -0.444 e. The Bertz CT molecular complexity index is 2360. The zero-order valence-corrected chi connectivity index (χ0v) is 35.0. The van der Waals surface area contributed by atoms with Gasteiger partial charge in [0.1, 0.15) is 22.9 Å². The van der Waals surface area contributed by atoms with E-state index in [0.29, 0.717) is 18.5 Å². The molecule has 2 atom stereocenters. The van der Waals surface area contributed by atoms with Crippen molar-refractivity contribution in [1.82, 2.24) is 29.7 Å². The number of likely N-dealkylation sites (tertiary alicyclic amines) is 2. The Hall–Kier alpha value is -5.12. The Balaban J connectivity index is 0.994. The molecule has 5 aromatic rings. The van der Waals surface area contributed by atoms with Gasteiger partial charge in [-0.05, 0) is 143 Å². The van der Waals surface area contributed by atoms with E-state index in [1.807, 2.05) is 58.8 Å². The fourth-order valence-corrected chi connectivity index (χ4v) is 10.1. The number of aromatic nitrogens is 4. The topological polar surface area (TPSA) is 116 Å². The Morgan fingerprint density at radius 3 is 1.72 bits per heavy atom. The summed E-state index contributed by atoms with van der Waals surface area (Å²) in [6.07, 6.45) is 15.6. The fourth-order valence-electron chi connectivity index (χ4n) is 10.1. The van der Waals surface area contributed by atoms with E-state index in [9.17, 15) is 9.59 Å². The lowest BCUT2D eigenvalue weighted by Gasteiger charge is -2.33. The number of H-pyrrole nitrogens is 2. The van der Waals surface area contributed by atoms with Crippen LogP contribution in [0.1, 0.15) is 134 Å². The number of aromatic amines is 2. The standard InChI is InChI=1S/C48H58N6O4/c1-46(2,3)57-44(55)53-22-10-12-40(53)42-49-28-38(51-42)33-17-15-30-24-32(16-14-31(30)25-33)34-18-19-35(37-27-48(26-36(34)37)20-8-7-9-21-48)39-29-50-43(52-39)41-13-11-23-54(41)45(56)58-47(4,5)6/h14-19,24-25,28-29,40-41H,7-13,20-23,26-27H2,1-6H3,(H,49,51)(H,50,52)/t40-,41-/m0/s1. The molecule has 3 fully saturated rings. The van der Waals surface area contributed by atoms with Gasteiger partial charge in [0.2, 0.25) is 0 Å². The van der Waals surface area contributed by atoms with E-state index in [1.54, 1.807) is 4.90 Å². The number of imidazole rings is 2. The van der Waals surface area contributed by atoms with Crippen LogP contribution < -0.4 is 0 Å². The molecule has 1 spiro atoms. The Morgan fingerprint density at radius 1 is 0.638 bits per heavy atom. The lowest BCUT2D eigenvalue weighted by Crippen LogP contribution is -2.36. The van der Waals surface area contributed by atoms with Crippen LogP contribution in [0.25, 0.3) is 44.4 Å². The first-order valence-corrected chi connectivity index (χ1v) is 21.5. The second kappa shape index (κ2) is 14.6. The number of ether oxygens (including phenoxy) is 2. The van der Waals surface area contributed by atoms with Crippen molar-refractivity contribution in [3.63, 3.8) is 0 Å². The van der Waals surface area contributed by atoms with Gasteiger partial charge in [0.25, 0.3) is 0 Å². The van der Waals surface area contributed by atoms with E-state index in [4.69, 9.17) is 19.4 Å². The molecule has 2 aromatic heterocycles. The van der Waals surface area contributed by atoms with E-state index >= 15 is 0 Å². The maximum absolute atomic E-state index is 13.1. The predicted molar refractivity (Wildman–Crippen MR) is 227 cm³/mol. The maximum atomic E-state index is 13.1. The molecule has 10 nitrogen and oxygen atoms in total. The van der Waals surface area contributed by atoms with Crippen LogP contribution >= 0.6 is 0 Å². The molecule has 1 saturated carbocycles. The van der Waals surface area contributed by atoms with Crippen LogP contribution in [-0.4, -0.2) is 66.2 Å². The molecule has 0 radical (unpaired) electrons. The highest BCUT2D eigenvalue weighted by Gasteiger charge is 2.41. The minimum atomic E-state index is -0.543. The molecular weight excluding hydrogens is 725 g/mol. The van der Waals surface area contributed by atoms with Crippen LogP contribution in [0.3, 0.4) is 0 Å². The summed E-state index contributed by atoms with van der Waals surface area (Å²) in [6.45, 7) is 12.8. The van der Waals surface area contributed by atoms with Crippen LogP contribution in [0, 0.1) is 5.41 Å². The van der Waals surface area contributed by atoms with Gasteiger partial charge in [-0.15, -0.1) is 0 Å². The maximum Gasteiger partial charge on any atom is 0.410 e. The predicted octanol–water partition coefficient (Wildman–Crippen LogP) is 11.5. The van der Waals surface area contributed by atoms with Crippen molar-refractivity contribution in [1.29, 1.82) is 0 Å². The summed E-state index contributed by atoms with van der Waals surface area (Å²) in [6, 6.07) is 17.9. The van der Waals surface area contributed by atoms with Crippen molar-refractivity contribution in [3.05, 3.63) is 83.7 Å². The summed E-state index contributed by atoms with van der Waals surface area (Å²) < 4.78 is 11.5. The van der Waals surface area contributed by atoms with Gasteiger partial charge in [0.15, 0.2) is 0 Å². The largest absolute Gasteiger partial charge is 0.444 e. The number of benzene rings is 3. The highest BCUT2D eigenvalue weighted by atomic mass is 16.6. The number of rotatable bonds is 5. The molecule has 9 rings (SSSR count). The monoisotopic (exact) mass is 782 g/mol. The first kappa shape index (κ1) is 38.4. The molecule has 58 heavy (non-hydrogen) atoms. The molecular formula is C48H58N6O4. The SMILES string of the molecule is CC(C)(C)OC(=O)N1CCC[C@H]1c1ncc(-c2ccc3cc(-c4ccc(-c5cnc([C@@H]6CCCN6C(=O)OC(C)(C)C)[nH]5)c5c4CC4(CCCCC4)C5)ccc3c2)[nH]1. The Morgan fingerprint density at radius 2 is 1.14 bits per heavy atom. The molecule has 4 aliphatic rings.